The molecule has 4 aromatic carbocycles. The standard InChI is InChI=1S/C39H40N4O5/c1-3-45-37(44)39(2,48-34-17-11-6-12-18-34)28-30-19-21-33(22-20-30)46-36-27-35(40-38(41-36)47-32-15-9-5-10-16-32)43-25-23-42(24-26-43)29-31-13-7-4-8-14-31/h4-22,27H,3,23-26,28-29H2,1-2H3. The molecule has 0 saturated carbocycles. The molecule has 1 unspecified atom stereocenters. The van der Waals surface area contributed by atoms with E-state index in [2.05, 4.69) is 39.0 Å². The summed E-state index contributed by atoms with van der Waals surface area (Å²) in [4.78, 5) is 27.0. The van der Waals surface area contributed by atoms with Crippen LogP contribution in [0.2, 0.25) is 0 Å². The van der Waals surface area contributed by atoms with Gasteiger partial charge in [-0.2, -0.15) is 9.97 Å². The number of carbonyl (C=O) groups excluding carboxylic acids is 1. The normalized spacial score (nSPS) is 14.5. The lowest BCUT2D eigenvalue weighted by molar-refractivity contribution is -0.160. The van der Waals surface area contributed by atoms with Gasteiger partial charge in [0.1, 0.15) is 23.1 Å². The maximum Gasteiger partial charge on any atom is 0.350 e. The molecule has 6 rings (SSSR count). The van der Waals surface area contributed by atoms with Crippen molar-refractivity contribution in [1.82, 2.24) is 14.9 Å². The van der Waals surface area contributed by atoms with E-state index in [4.69, 9.17) is 23.9 Å². The Hall–Kier alpha value is -5.41. The van der Waals surface area contributed by atoms with Crippen LogP contribution in [-0.4, -0.2) is 59.2 Å². The molecule has 0 spiro atoms. The number of hydrogen-bond acceptors (Lipinski definition) is 9. The Labute approximate surface area is 281 Å². The number of hydrogen-bond donors (Lipinski definition) is 0. The molecule has 9 heteroatoms. The Morgan fingerprint density at radius 1 is 0.708 bits per heavy atom. The van der Waals surface area contributed by atoms with E-state index < -0.39 is 11.6 Å². The van der Waals surface area contributed by atoms with Crippen molar-refractivity contribution < 1.29 is 23.7 Å². The van der Waals surface area contributed by atoms with Crippen molar-refractivity contribution in [3.05, 3.63) is 132 Å². The molecule has 9 nitrogen and oxygen atoms in total. The van der Waals surface area contributed by atoms with Gasteiger partial charge in [0, 0.05) is 45.2 Å². The first-order valence-corrected chi connectivity index (χ1v) is 16.3. The van der Waals surface area contributed by atoms with Crippen LogP contribution in [0, 0.1) is 0 Å². The molecule has 1 fully saturated rings. The number of carbonyl (C=O) groups is 1. The minimum Gasteiger partial charge on any atom is -0.476 e. The number of benzene rings is 4. The van der Waals surface area contributed by atoms with Crippen LogP contribution in [0.3, 0.4) is 0 Å². The number of anilines is 1. The average Bonchev–Trinajstić information content (AvgIpc) is 3.11. The third kappa shape index (κ3) is 8.68. The van der Waals surface area contributed by atoms with E-state index >= 15 is 0 Å². The van der Waals surface area contributed by atoms with E-state index in [-0.39, 0.29) is 12.6 Å². The number of rotatable bonds is 13. The summed E-state index contributed by atoms with van der Waals surface area (Å²) in [6, 6.07) is 38.9. The Bertz CT molecular complexity index is 1750. The lowest BCUT2D eigenvalue weighted by Gasteiger charge is -2.35. The fourth-order valence-corrected chi connectivity index (χ4v) is 5.59. The molecule has 5 aromatic rings. The van der Waals surface area contributed by atoms with Crippen LogP contribution in [-0.2, 0) is 22.5 Å². The van der Waals surface area contributed by atoms with Gasteiger partial charge in [-0.1, -0.05) is 78.9 Å². The largest absolute Gasteiger partial charge is 0.476 e. The lowest BCUT2D eigenvalue weighted by atomic mass is 9.96. The van der Waals surface area contributed by atoms with E-state index in [1.54, 1.807) is 13.8 Å². The Kier molecular flexibility index (Phi) is 10.5. The van der Waals surface area contributed by atoms with Gasteiger partial charge in [0.25, 0.3) is 0 Å². The number of esters is 1. The molecule has 0 aliphatic carbocycles. The van der Waals surface area contributed by atoms with Crippen LogP contribution < -0.4 is 19.1 Å². The molecule has 0 bridgehead atoms. The Morgan fingerprint density at radius 2 is 1.31 bits per heavy atom. The summed E-state index contributed by atoms with van der Waals surface area (Å²) in [5.74, 6) is 2.51. The summed E-state index contributed by atoms with van der Waals surface area (Å²) in [5.41, 5.74) is 0.983. The molecule has 0 amide bonds. The molecular formula is C39H40N4O5. The van der Waals surface area contributed by atoms with Gasteiger partial charge in [-0.3, -0.25) is 4.90 Å². The molecule has 1 atom stereocenters. The number of ether oxygens (including phenoxy) is 4. The molecule has 1 aromatic heterocycles. The number of piperazine rings is 1. The van der Waals surface area contributed by atoms with E-state index in [9.17, 15) is 4.79 Å². The van der Waals surface area contributed by atoms with Crippen molar-refractivity contribution >= 4 is 11.8 Å². The number of aromatic nitrogens is 2. The van der Waals surface area contributed by atoms with Crippen LogP contribution in [0.15, 0.2) is 121 Å². The average molecular weight is 645 g/mol. The highest BCUT2D eigenvalue weighted by atomic mass is 16.6. The quantitative estimate of drug-likeness (QED) is 0.122. The summed E-state index contributed by atoms with van der Waals surface area (Å²) in [6.07, 6.45) is 0.310. The van der Waals surface area contributed by atoms with Crippen LogP contribution in [0.25, 0.3) is 0 Å². The second-order valence-electron chi connectivity index (χ2n) is 11.8. The van der Waals surface area contributed by atoms with Gasteiger partial charge in [-0.05, 0) is 61.4 Å². The molecule has 1 aliphatic rings. The number of para-hydroxylation sites is 2. The molecule has 2 heterocycles. The monoisotopic (exact) mass is 644 g/mol. The van der Waals surface area contributed by atoms with Gasteiger partial charge in [0.2, 0.25) is 11.5 Å². The maximum absolute atomic E-state index is 13.0. The van der Waals surface area contributed by atoms with E-state index in [1.165, 1.54) is 5.56 Å². The third-order valence-corrected chi connectivity index (χ3v) is 8.05. The maximum atomic E-state index is 13.0. The minimum absolute atomic E-state index is 0.209. The van der Waals surface area contributed by atoms with Crippen molar-refractivity contribution in [3.8, 4) is 29.1 Å². The van der Waals surface area contributed by atoms with Crippen molar-refractivity contribution in [3.63, 3.8) is 0 Å². The van der Waals surface area contributed by atoms with Gasteiger partial charge >= 0.3 is 12.0 Å². The second-order valence-corrected chi connectivity index (χ2v) is 11.8. The topological polar surface area (TPSA) is 86.3 Å². The van der Waals surface area contributed by atoms with Crippen LogP contribution in [0.5, 0.6) is 29.1 Å². The van der Waals surface area contributed by atoms with Crippen molar-refractivity contribution in [2.24, 2.45) is 0 Å². The van der Waals surface area contributed by atoms with Crippen LogP contribution in [0.4, 0.5) is 5.82 Å². The van der Waals surface area contributed by atoms with Crippen LogP contribution in [0.1, 0.15) is 25.0 Å². The Balaban J connectivity index is 1.17. The van der Waals surface area contributed by atoms with E-state index in [0.29, 0.717) is 29.5 Å². The van der Waals surface area contributed by atoms with Crippen molar-refractivity contribution in [2.75, 3.05) is 37.7 Å². The summed E-state index contributed by atoms with van der Waals surface area (Å²) >= 11 is 0. The van der Waals surface area contributed by atoms with Gasteiger partial charge < -0.3 is 23.8 Å². The third-order valence-electron chi connectivity index (χ3n) is 8.05. The van der Waals surface area contributed by atoms with Gasteiger partial charge in [-0.25, -0.2) is 4.79 Å². The highest BCUT2D eigenvalue weighted by molar-refractivity contribution is 5.80. The first-order valence-electron chi connectivity index (χ1n) is 16.3. The smallest absolute Gasteiger partial charge is 0.350 e. The molecule has 1 aliphatic heterocycles. The lowest BCUT2D eigenvalue weighted by Crippen LogP contribution is -2.46. The second kappa shape index (κ2) is 15.5. The minimum atomic E-state index is -1.21. The molecular weight excluding hydrogens is 604 g/mol. The zero-order valence-electron chi connectivity index (χ0n) is 27.3. The van der Waals surface area contributed by atoms with E-state index in [0.717, 1.165) is 44.1 Å². The number of nitrogens with zero attached hydrogens (tertiary/aromatic N) is 4. The van der Waals surface area contributed by atoms with E-state index in [1.807, 2.05) is 97.1 Å². The first kappa shape index (κ1) is 32.5. The summed E-state index contributed by atoms with van der Waals surface area (Å²) in [5, 5.41) is 0. The molecule has 0 radical (unpaired) electrons. The zero-order valence-corrected chi connectivity index (χ0v) is 27.3. The van der Waals surface area contributed by atoms with Crippen LogP contribution >= 0.6 is 0 Å². The zero-order chi connectivity index (χ0) is 33.2. The fraction of sp³-hybridized carbons (Fsp3) is 0.256. The molecule has 0 N–H and O–H groups in total. The predicted molar refractivity (Wildman–Crippen MR) is 185 cm³/mol. The SMILES string of the molecule is CCOC(=O)C(C)(Cc1ccc(Oc2cc(N3CCN(Cc4ccccc4)CC3)nc(Oc3ccccc3)n2)cc1)Oc1ccccc1. The fourth-order valence-electron chi connectivity index (χ4n) is 5.59. The van der Waals surface area contributed by atoms with Crippen molar-refractivity contribution in [1.29, 1.82) is 0 Å². The molecule has 48 heavy (non-hydrogen) atoms. The van der Waals surface area contributed by atoms with Gasteiger partial charge in [0.05, 0.1) is 6.61 Å². The van der Waals surface area contributed by atoms with Gasteiger partial charge in [-0.15, -0.1) is 0 Å². The highest BCUT2D eigenvalue weighted by Crippen LogP contribution is 2.30. The highest BCUT2D eigenvalue weighted by Gasteiger charge is 2.37. The summed E-state index contributed by atoms with van der Waals surface area (Å²) in [7, 11) is 0. The van der Waals surface area contributed by atoms with Gasteiger partial charge in [0.15, 0.2) is 0 Å². The Morgan fingerprint density at radius 3 is 1.96 bits per heavy atom. The molecule has 1 saturated heterocycles. The first-order chi connectivity index (χ1) is 23.5. The molecule has 246 valence electrons. The summed E-state index contributed by atoms with van der Waals surface area (Å²) in [6.45, 7) is 8.16. The summed E-state index contributed by atoms with van der Waals surface area (Å²) < 4.78 is 23.9. The van der Waals surface area contributed by atoms with Crippen molar-refractivity contribution in [2.45, 2.75) is 32.4 Å². The predicted octanol–water partition coefficient (Wildman–Crippen LogP) is 7.33.